The van der Waals surface area contributed by atoms with E-state index in [-0.39, 0.29) is 5.91 Å². The highest BCUT2D eigenvalue weighted by Crippen LogP contribution is 2.41. The van der Waals surface area contributed by atoms with E-state index in [0.29, 0.717) is 6.54 Å². The first kappa shape index (κ1) is 12.0. The van der Waals surface area contributed by atoms with Gasteiger partial charge in [0.05, 0.1) is 12.2 Å². The number of carbonyl (C=O) groups is 1. The Morgan fingerprint density at radius 1 is 1.11 bits per heavy atom. The Morgan fingerprint density at radius 3 is 2.58 bits per heavy atom. The first-order valence-electron chi connectivity index (χ1n) is 6.55. The number of benzene rings is 2. The first-order chi connectivity index (χ1) is 9.08. The summed E-state index contributed by atoms with van der Waals surface area (Å²) in [4.78, 5) is 13.8. The summed E-state index contributed by atoms with van der Waals surface area (Å²) in [7, 11) is 0. The lowest BCUT2D eigenvalue weighted by Crippen LogP contribution is -2.31. The molecule has 0 spiro atoms. The molecule has 2 heteroatoms. The molecule has 0 atom stereocenters. The molecule has 0 N–H and O–H groups in total. The van der Waals surface area contributed by atoms with Crippen LogP contribution in [-0.2, 0) is 11.3 Å². The molecule has 0 aliphatic carbocycles. The zero-order chi connectivity index (χ0) is 13.6. The number of hydrogen-bond donors (Lipinski definition) is 0. The van der Waals surface area contributed by atoms with Crippen LogP contribution in [0.25, 0.3) is 11.1 Å². The van der Waals surface area contributed by atoms with Gasteiger partial charge >= 0.3 is 0 Å². The second-order valence-corrected chi connectivity index (χ2v) is 5.24. The van der Waals surface area contributed by atoms with Crippen molar-refractivity contribution in [2.24, 2.45) is 0 Å². The molecular weight excluding hydrogens is 234 g/mol. The molecule has 1 aliphatic heterocycles. The van der Waals surface area contributed by atoms with Gasteiger partial charge in [-0.2, -0.15) is 0 Å². The van der Waals surface area contributed by atoms with E-state index in [0.717, 1.165) is 5.69 Å². The molecule has 96 valence electrons. The number of carbonyl (C=O) groups excluding carboxylic acids is 1. The smallest absolute Gasteiger partial charge is 0.224 e. The molecule has 2 aromatic rings. The molecule has 0 saturated heterocycles. The summed E-state index contributed by atoms with van der Waals surface area (Å²) in [5.41, 5.74) is 7.11. The van der Waals surface area contributed by atoms with E-state index in [1.807, 2.05) is 11.0 Å². The highest BCUT2D eigenvalue weighted by Gasteiger charge is 2.25. The van der Waals surface area contributed by atoms with E-state index < -0.39 is 0 Å². The summed E-state index contributed by atoms with van der Waals surface area (Å²) < 4.78 is 0. The SMILES string of the molecule is CC(=O)N1Cc2ccccc2-c2cc(C)cc(C)c21. The van der Waals surface area contributed by atoms with Crippen LogP contribution >= 0.6 is 0 Å². The zero-order valence-electron chi connectivity index (χ0n) is 11.5. The van der Waals surface area contributed by atoms with Crippen molar-refractivity contribution >= 4 is 11.6 Å². The maximum Gasteiger partial charge on any atom is 0.224 e. The van der Waals surface area contributed by atoms with Crippen molar-refractivity contribution in [3.63, 3.8) is 0 Å². The van der Waals surface area contributed by atoms with Crippen molar-refractivity contribution in [2.45, 2.75) is 27.3 Å². The predicted molar refractivity (Wildman–Crippen MR) is 78.2 cm³/mol. The third-order valence-electron chi connectivity index (χ3n) is 3.73. The van der Waals surface area contributed by atoms with E-state index >= 15 is 0 Å². The number of aryl methyl sites for hydroxylation is 2. The minimum atomic E-state index is 0.0997. The summed E-state index contributed by atoms with van der Waals surface area (Å²) in [6, 6.07) is 12.7. The average Bonchev–Trinajstić information content (AvgIpc) is 2.37. The highest BCUT2D eigenvalue weighted by molar-refractivity contribution is 6.00. The monoisotopic (exact) mass is 251 g/mol. The van der Waals surface area contributed by atoms with Crippen LogP contribution < -0.4 is 4.90 Å². The molecular formula is C17H17NO. The molecule has 0 saturated carbocycles. The molecule has 2 aromatic carbocycles. The van der Waals surface area contributed by atoms with E-state index in [4.69, 9.17) is 0 Å². The molecule has 1 heterocycles. The Hall–Kier alpha value is -2.09. The van der Waals surface area contributed by atoms with Gasteiger partial charge in [0.15, 0.2) is 0 Å². The lowest BCUT2D eigenvalue weighted by molar-refractivity contribution is -0.116. The summed E-state index contributed by atoms with van der Waals surface area (Å²) in [6.45, 7) is 6.48. The fourth-order valence-electron chi connectivity index (χ4n) is 2.96. The Bertz CT molecular complexity index is 673. The minimum Gasteiger partial charge on any atom is -0.307 e. The lowest BCUT2D eigenvalue weighted by atomic mass is 9.90. The number of hydrogen-bond acceptors (Lipinski definition) is 1. The quantitative estimate of drug-likeness (QED) is 0.696. The largest absolute Gasteiger partial charge is 0.307 e. The Morgan fingerprint density at radius 2 is 1.84 bits per heavy atom. The van der Waals surface area contributed by atoms with Gasteiger partial charge in [-0.05, 0) is 36.6 Å². The Balaban J connectivity index is 2.34. The van der Waals surface area contributed by atoms with Gasteiger partial charge in [-0.1, -0.05) is 35.9 Å². The topological polar surface area (TPSA) is 20.3 Å². The lowest BCUT2D eigenvalue weighted by Gasteiger charge is -2.32. The number of amides is 1. The van der Waals surface area contributed by atoms with Crippen LogP contribution in [0.15, 0.2) is 36.4 Å². The molecule has 0 bridgehead atoms. The van der Waals surface area contributed by atoms with Gasteiger partial charge in [-0.3, -0.25) is 4.79 Å². The van der Waals surface area contributed by atoms with Crippen molar-refractivity contribution in [2.75, 3.05) is 4.90 Å². The molecule has 19 heavy (non-hydrogen) atoms. The molecule has 2 nitrogen and oxygen atoms in total. The molecule has 0 fully saturated rings. The average molecular weight is 251 g/mol. The van der Waals surface area contributed by atoms with Gasteiger partial charge in [0.1, 0.15) is 0 Å². The van der Waals surface area contributed by atoms with Crippen LogP contribution in [0.2, 0.25) is 0 Å². The van der Waals surface area contributed by atoms with Gasteiger partial charge in [0.2, 0.25) is 5.91 Å². The number of fused-ring (bicyclic) bond motifs is 3. The van der Waals surface area contributed by atoms with Crippen molar-refractivity contribution < 1.29 is 4.79 Å². The van der Waals surface area contributed by atoms with Gasteiger partial charge in [-0.25, -0.2) is 0 Å². The van der Waals surface area contributed by atoms with Crippen molar-refractivity contribution in [1.29, 1.82) is 0 Å². The Labute approximate surface area is 113 Å². The molecule has 0 unspecified atom stereocenters. The second kappa shape index (κ2) is 4.23. The van der Waals surface area contributed by atoms with Crippen LogP contribution in [0.1, 0.15) is 23.6 Å². The number of anilines is 1. The molecule has 0 aromatic heterocycles. The normalized spacial score (nSPS) is 12.9. The fourth-order valence-corrected chi connectivity index (χ4v) is 2.96. The summed E-state index contributed by atoms with van der Waals surface area (Å²) >= 11 is 0. The highest BCUT2D eigenvalue weighted by atomic mass is 16.2. The van der Waals surface area contributed by atoms with Crippen molar-refractivity contribution in [3.8, 4) is 11.1 Å². The van der Waals surface area contributed by atoms with Gasteiger partial charge in [0, 0.05) is 12.5 Å². The van der Waals surface area contributed by atoms with Crippen LogP contribution in [0, 0.1) is 13.8 Å². The molecule has 1 aliphatic rings. The van der Waals surface area contributed by atoms with Gasteiger partial charge in [-0.15, -0.1) is 0 Å². The summed E-state index contributed by atoms with van der Waals surface area (Å²) in [5.74, 6) is 0.0997. The number of nitrogens with zero attached hydrogens (tertiary/aromatic N) is 1. The third kappa shape index (κ3) is 1.84. The van der Waals surface area contributed by atoms with E-state index in [1.54, 1.807) is 6.92 Å². The molecule has 3 rings (SSSR count). The van der Waals surface area contributed by atoms with E-state index in [9.17, 15) is 4.79 Å². The van der Waals surface area contributed by atoms with Crippen LogP contribution in [0.4, 0.5) is 5.69 Å². The van der Waals surface area contributed by atoms with Gasteiger partial charge < -0.3 is 4.90 Å². The zero-order valence-corrected chi connectivity index (χ0v) is 11.5. The number of rotatable bonds is 0. The van der Waals surface area contributed by atoms with Crippen LogP contribution in [0.5, 0.6) is 0 Å². The first-order valence-corrected chi connectivity index (χ1v) is 6.55. The van der Waals surface area contributed by atoms with E-state index in [2.05, 4.69) is 44.2 Å². The Kier molecular flexibility index (Phi) is 2.67. The summed E-state index contributed by atoms with van der Waals surface area (Å²) in [6.07, 6.45) is 0. The maximum atomic E-state index is 11.9. The molecule has 1 amide bonds. The van der Waals surface area contributed by atoms with Crippen molar-refractivity contribution in [3.05, 3.63) is 53.1 Å². The van der Waals surface area contributed by atoms with Crippen LogP contribution in [0.3, 0.4) is 0 Å². The van der Waals surface area contributed by atoms with Gasteiger partial charge in [0.25, 0.3) is 0 Å². The summed E-state index contributed by atoms with van der Waals surface area (Å²) in [5, 5.41) is 0. The van der Waals surface area contributed by atoms with Crippen molar-refractivity contribution in [1.82, 2.24) is 0 Å². The predicted octanol–water partition coefficient (Wildman–Crippen LogP) is 3.84. The maximum absolute atomic E-state index is 11.9. The van der Waals surface area contributed by atoms with Crippen LogP contribution in [-0.4, -0.2) is 5.91 Å². The van der Waals surface area contributed by atoms with E-state index in [1.165, 1.54) is 27.8 Å². The fraction of sp³-hybridized carbons (Fsp3) is 0.235. The molecule has 0 radical (unpaired) electrons. The third-order valence-corrected chi connectivity index (χ3v) is 3.73. The minimum absolute atomic E-state index is 0.0997. The standard InChI is InChI=1S/C17H17NO/c1-11-8-12(2)17-16(9-11)15-7-5-4-6-14(15)10-18(17)13(3)19/h4-9H,10H2,1-3H3. The second-order valence-electron chi connectivity index (χ2n) is 5.24.